The molecule has 1 N–H and O–H groups in total. The van der Waals surface area contributed by atoms with Gasteiger partial charge >= 0.3 is 0 Å². The summed E-state index contributed by atoms with van der Waals surface area (Å²) in [6.45, 7) is 5.08. The summed E-state index contributed by atoms with van der Waals surface area (Å²) in [5.74, 6) is 0.536. The van der Waals surface area contributed by atoms with Crippen molar-refractivity contribution >= 4 is 32.9 Å². The van der Waals surface area contributed by atoms with Crippen LogP contribution in [0.15, 0.2) is 70.3 Å². The van der Waals surface area contributed by atoms with Gasteiger partial charge in [0.25, 0.3) is 11.5 Å². The molecule has 2 heterocycles. The van der Waals surface area contributed by atoms with E-state index in [2.05, 4.69) is 31.3 Å². The highest BCUT2D eigenvalue weighted by molar-refractivity contribution is 9.10. The smallest absolute Gasteiger partial charge is 0.264 e. The fraction of sp³-hybridized carbons (Fsp3) is 0.250. The summed E-state index contributed by atoms with van der Waals surface area (Å²) in [5.41, 5.74) is 1.89. The summed E-state index contributed by atoms with van der Waals surface area (Å²) in [6.07, 6.45) is 3.13. The van der Waals surface area contributed by atoms with Gasteiger partial charge in [-0.3, -0.25) is 14.2 Å². The van der Waals surface area contributed by atoms with E-state index in [0.717, 1.165) is 15.8 Å². The van der Waals surface area contributed by atoms with Gasteiger partial charge in [-0.25, -0.2) is 9.67 Å². The van der Waals surface area contributed by atoms with E-state index in [1.807, 2.05) is 38.1 Å². The van der Waals surface area contributed by atoms with Crippen LogP contribution in [0, 0.1) is 0 Å². The lowest BCUT2D eigenvalue weighted by atomic mass is 10.2. The number of carbonyl (C=O) groups is 1. The molecule has 0 aliphatic carbocycles. The second-order valence-electron chi connectivity index (χ2n) is 7.86. The van der Waals surface area contributed by atoms with Crippen molar-refractivity contribution < 1.29 is 9.53 Å². The van der Waals surface area contributed by atoms with Crippen LogP contribution in [0.4, 0.5) is 0 Å². The summed E-state index contributed by atoms with van der Waals surface area (Å²) in [5, 5.41) is 7.61. The third-order valence-electron chi connectivity index (χ3n) is 4.99. The number of ether oxygens (including phenoxy) is 1. The van der Waals surface area contributed by atoms with Crippen molar-refractivity contribution in [2.45, 2.75) is 33.0 Å². The Balaban J connectivity index is 1.39. The Morgan fingerprint density at radius 1 is 1.12 bits per heavy atom. The molecule has 1 amide bonds. The molecule has 0 radical (unpaired) electrons. The van der Waals surface area contributed by atoms with E-state index in [1.54, 1.807) is 33.5 Å². The third kappa shape index (κ3) is 5.48. The number of amides is 1. The highest BCUT2D eigenvalue weighted by Crippen LogP contribution is 2.14. The van der Waals surface area contributed by atoms with E-state index < -0.39 is 0 Å². The number of halogens is 1. The maximum Gasteiger partial charge on any atom is 0.264 e. The normalized spacial score (nSPS) is 11.2. The molecule has 0 atom stereocenters. The van der Waals surface area contributed by atoms with Gasteiger partial charge in [0.1, 0.15) is 17.5 Å². The minimum absolute atomic E-state index is 0.0760. The molecule has 4 rings (SSSR count). The number of hydrogen-bond acceptors (Lipinski definition) is 5. The lowest BCUT2D eigenvalue weighted by Gasteiger charge is -2.10. The van der Waals surface area contributed by atoms with Crippen LogP contribution in [0.1, 0.15) is 29.8 Å². The van der Waals surface area contributed by atoms with Crippen LogP contribution >= 0.6 is 15.9 Å². The highest BCUT2D eigenvalue weighted by Gasteiger charge is 2.11. The second kappa shape index (κ2) is 9.99. The molecule has 0 fully saturated rings. The third-order valence-corrected chi connectivity index (χ3v) is 5.51. The largest absolute Gasteiger partial charge is 0.491 e. The van der Waals surface area contributed by atoms with E-state index in [4.69, 9.17) is 4.74 Å². The average molecular weight is 510 g/mol. The number of fused-ring (bicyclic) bond motifs is 1. The van der Waals surface area contributed by atoms with Crippen LogP contribution in [0.25, 0.3) is 11.0 Å². The molecule has 33 heavy (non-hydrogen) atoms. The van der Waals surface area contributed by atoms with E-state index in [1.165, 1.54) is 12.5 Å². The molecule has 170 valence electrons. The fourth-order valence-corrected chi connectivity index (χ4v) is 3.66. The predicted octanol–water partition coefficient (Wildman–Crippen LogP) is 3.62. The van der Waals surface area contributed by atoms with E-state index in [9.17, 15) is 9.59 Å². The number of benzene rings is 2. The molecule has 0 spiro atoms. The van der Waals surface area contributed by atoms with E-state index >= 15 is 0 Å². The number of nitrogens with one attached hydrogen (secondary N) is 1. The zero-order chi connectivity index (χ0) is 23.4. The first-order chi connectivity index (χ1) is 15.9. The highest BCUT2D eigenvalue weighted by atomic mass is 79.9. The van der Waals surface area contributed by atoms with Gasteiger partial charge in [0, 0.05) is 16.6 Å². The maximum absolute atomic E-state index is 12.9. The summed E-state index contributed by atoms with van der Waals surface area (Å²) >= 11 is 3.41. The van der Waals surface area contributed by atoms with Crippen LogP contribution < -0.4 is 15.6 Å². The van der Waals surface area contributed by atoms with Gasteiger partial charge in [0.15, 0.2) is 5.65 Å². The second-order valence-corrected chi connectivity index (χ2v) is 8.77. The predicted molar refractivity (Wildman–Crippen MR) is 130 cm³/mol. The standard InChI is InChI=1S/C24H24BrN5O3/c1-16(2)33-20-9-5-18(6-10-20)23(31)26-11-12-30-22-21(13-28-30)24(32)29(15-27-22)14-17-3-7-19(25)8-4-17/h3-10,13,15-16H,11-12,14H2,1-2H3,(H,26,31). The monoisotopic (exact) mass is 509 g/mol. The number of hydrogen-bond donors (Lipinski definition) is 1. The number of rotatable bonds is 8. The summed E-state index contributed by atoms with van der Waals surface area (Å²) in [6, 6.07) is 14.8. The molecule has 8 nitrogen and oxygen atoms in total. The van der Waals surface area contributed by atoms with Crippen molar-refractivity contribution in [3.63, 3.8) is 0 Å². The lowest BCUT2D eigenvalue weighted by molar-refractivity contribution is 0.0952. The Morgan fingerprint density at radius 3 is 2.55 bits per heavy atom. The zero-order valence-corrected chi connectivity index (χ0v) is 19.9. The number of aromatic nitrogens is 4. The quantitative estimate of drug-likeness (QED) is 0.391. The van der Waals surface area contributed by atoms with Crippen LogP contribution in [0.3, 0.4) is 0 Å². The SMILES string of the molecule is CC(C)Oc1ccc(C(=O)NCCn2ncc3c(=O)n(Cc4ccc(Br)cc4)cnc32)cc1. The molecule has 2 aromatic heterocycles. The topological polar surface area (TPSA) is 91.0 Å². The van der Waals surface area contributed by atoms with Crippen LogP contribution in [0.5, 0.6) is 5.75 Å². The molecule has 0 unspecified atom stereocenters. The first kappa shape index (κ1) is 22.7. The number of nitrogens with zero attached hydrogens (tertiary/aromatic N) is 4. The van der Waals surface area contributed by atoms with Gasteiger partial charge in [0.05, 0.1) is 25.4 Å². The van der Waals surface area contributed by atoms with Crippen molar-refractivity contribution in [1.29, 1.82) is 0 Å². The van der Waals surface area contributed by atoms with Gasteiger partial charge in [-0.2, -0.15) is 5.10 Å². The van der Waals surface area contributed by atoms with Gasteiger partial charge in [-0.05, 0) is 55.8 Å². The molecule has 0 aliphatic heterocycles. The summed E-state index contributed by atoms with van der Waals surface area (Å²) in [7, 11) is 0. The minimum atomic E-state index is -0.188. The summed E-state index contributed by atoms with van der Waals surface area (Å²) < 4.78 is 9.77. The average Bonchev–Trinajstić information content (AvgIpc) is 3.21. The van der Waals surface area contributed by atoms with Crippen molar-refractivity contribution in [2.24, 2.45) is 0 Å². The molecular weight excluding hydrogens is 486 g/mol. The molecule has 4 aromatic rings. The maximum atomic E-state index is 12.9. The molecular formula is C24H24BrN5O3. The first-order valence-corrected chi connectivity index (χ1v) is 11.4. The van der Waals surface area contributed by atoms with E-state index in [-0.39, 0.29) is 17.6 Å². The molecule has 0 saturated carbocycles. The Kier molecular flexibility index (Phi) is 6.88. The van der Waals surface area contributed by atoms with E-state index in [0.29, 0.717) is 36.2 Å². The van der Waals surface area contributed by atoms with Gasteiger partial charge < -0.3 is 10.1 Å². The van der Waals surface area contributed by atoms with Crippen molar-refractivity contribution in [3.05, 3.63) is 87.0 Å². The van der Waals surface area contributed by atoms with Gasteiger partial charge in [0.2, 0.25) is 0 Å². The molecule has 9 heteroatoms. The van der Waals surface area contributed by atoms with Crippen molar-refractivity contribution in [1.82, 2.24) is 24.6 Å². The Morgan fingerprint density at radius 2 is 1.85 bits per heavy atom. The minimum Gasteiger partial charge on any atom is -0.491 e. The lowest BCUT2D eigenvalue weighted by Crippen LogP contribution is -2.27. The van der Waals surface area contributed by atoms with Crippen LogP contribution in [0.2, 0.25) is 0 Å². The van der Waals surface area contributed by atoms with Crippen molar-refractivity contribution in [3.8, 4) is 5.75 Å². The van der Waals surface area contributed by atoms with Gasteiger partial charge in [-0.1, -0.05) is 28.1 Å². The van der Waals surface area contributed by atoms with Crippen LogP contribution in [-0.2, 0) is 13.1 Å². The van der Waals surface area contributed by atoms with Crippen LogP contribution in [-0.4, -0.2) is 37.9 Å². The van der Waals surface area contributed by atoms with Crippen molar-refractivity contribution in [2.75, 3.05) is 6.54 Å². The molecule has 0 saturated heterocycles. The Bertz CT molecular complexity index is 1310. The zero-order valence-electron chi connectivity index (χ0n) is 18.4. The Hall–Kier alpha value is -3.46. The molecule has 2 aromatic carbocycles. The van der Waals surface area contributed by atoms with Gasteiger partial charge in [-0.15, -0.1) is 0 Å². The fourth-order valence-electron chi connectivity index (χ4n) is 3.39. The molecule has 0 aliphatic rings. The Labute approximate surface area is 199 Å². The number of carbonyl (C=O) groups excluding carboxylic acids is 1. The summed E-state index contributed by atoms with van der Waals surface area (Å²) in [4.78, 5) is 29.7. The molecule has 0 bridgehead atoms. The first-order valence-electron chi connectivity index (χ1n) is 10.6.